The number of anilines is 1. The van der Waals surface area contributed by atoms with Gasteiger partial charge in [-0.15, -0.1) is 0 Å². The Morgan fingerprint density at radius 3 is 1.95 bits per heavy atom. The van der Waals surface area contributed by atoms with Crippen LogP contribution in [0.15, 0.2) is 83.9 Å². The lowest BCUT2D eigenvalue weighted by molar-refractivity contribution is 0.0602. The van der Waals surface area contributed by atoms with E-state index in [1.807, 2.05) is 6.07 Å². The van der Waals surface area contributed by atoms with Gasteiger partial charge < -0.3 is 5.73 Å². The number of aromatic nitrogens is 1. The zero-order chi connectivity index (χ0) is 27.7. The molecule has 0 spiro atoms. The maximum Gasteiger partial charge on any atom is 0.262 e. The molecule has 3 aromatic carbocycles. The second-order valence-electron chi connectivity index (χ2n) is 8.36. The van der Waals surface area contributed by atoms with Crippen molar-refractivity contribution in [3.8, 4) is 23.3 Å². The summed E-state index contributed by atoms with van der Waals surface area (Å²) in [4.78, 5) is 45.7. The molecule has 8 nitrogen and oxygen atoms in total. The molecule has 2 amide bonds. The van der Waals surface area contributed by atoms with Gasteiger partial charge in [-0.3, -0.25) is 19.3 Å². The molecular weight excluding hydrogens is 534 g/mol. The highest BCUT2D eigenvalue weighted by Crippen LogP contribution is 2.41. The number of Topliss-reactive ketones (excluding diaryl/α,β-unsaturated/α-hetero) is 1. The van der Waals surface area contributed by atoms with Crippen LogP contribution in [-0.2, 0) is 0 Å². The molecule has 2 N–H and O–H groups in total. The van der Waals surface area contributed by atoms with Crippen LogP contribution in [0, 0.1) is 22.7 Å². The highest BCUT2D eigenvalue weighted by molar-refractivity contribution is 8.00. The summed E-state index contributed by atoms with van der Waals surface area (Å²) >= 11 is 7.15. The molecule has 0 aliphatic carbocycles. The zero-order valence-corrected chi connectivity index (χ0v) is 21.5. The minimum Gasteiger partial charge on any atom is -0.383 e. The lowest BCUT2D eigenvalue weighted by atomic mass is 9.97. The van der Waals surface area contributed by atoms with Gasteiger partial charge in [-0.05, 0) is 18.2 Å². The SMILES string of the molecule is N#Cc1c(N)nc(SC(C(=O)c2ccccc2)N2C(=O)c3ccccc3C2=O)c(C#N)c1-c1ccccc1Cl. The van der Waals surface area contributed by atoms with Gasteiger partial charge in [0.05, 0.1) is 16.7 Å². The Hall–Kier alpha value is -4.96. The molecule has 1 unspecified atom stereocenters. The molecule has 10 heteroatoms. The van der Waals surface area contributed by atoms with Gasteiger partial charge >= 0.3 is 0 Å². The topological polar surface area (TPSA) is 141 Å². The van der Waals surface area contributed by atoms with Crippen molar-refractivity contribution in [1.29, 1.82) is 10.5 Å². The number of nitrogens with zero attached hydrogens (tertiary/aromatic N) is 4. The number of nitrogens with two attached hydrogens (primary N) is 1. The van der Waals surface area contributed by atoms with Crippen LogP contribution in [-0.4, -0.2) is 32.9 Å². The van der Waals surface area contributed by atoms with E-state index in [2.05, 4.69) is 11.1 Å². The van der Waals surface area contributed by atoms with Crippen LogP contribution in [0.3, 0.4) is 0 Å². The normalized spacial score (nSPS) is 12.9. The van der Waals surface area contributed by atoms with Crippen LogP contribution in [0.5, 0.6) is 0 Å². The van der Waals surface area contributed by atoms with Crippen LogP contribution >= 0.6 is 23.4 Å². The van der Waals surface area contributed by atoms with Gasteiger partial charge in [-0.1, -0.05) is 84.0 Å². The number of thioether (sulfide) groups is 1. The molecule has 5 rings (SSSR count). The number of carbonyl (C=O) groups is 3. The second-order valence-corrected chi connectivity index (χ2v) is 9.83. The van der Waals surface area contributed by atoms with E-state index in [0.29, 0.717) is 5.56 Å². The third-order valence-corrected chi connectivity index (χ3v) is 7.62. The van der Waals surface area contributed by atoms with Crippen LogP contribution < -0.4 is 5.73 Å². The molecule has 0 bridgehead atoms. The number of halogens is 1. The number of pyridine rings is 1. The molecule has 39 heavy (non-hydrogen) atoms. The van der Waals surface area contributed by atoms with Gasteiger partial charge in [0.2, 0.25) is 0 Å². The molecule has 1 aromatic heterocycles. The fraction of sp³-hybridized carbons (Fsp3) is 0.0345. The van der Waals surface area contributed by atoms with Gasteiger partial charge in [-0.2, -0.15) is 10.5 Å². The Morgan fingerprint density at radius 2 is 1.38 bits per heavy atom. The van der Waals surface area contributed by atoms with Crippen molar-refractivity contribution in [2.75, 3.05) is 5.73 Å². The average molecular weight is 550 g/mol. The summed E-state index contributed by atoms with van der Waals surface area (Å²) in [5.41, 5.74) is 7.12. The quantitative estimate of drug-likeness (QED) is 0.193. The van der Waals surface area contributed by atoms with Crippen LogP contribution in [0.25, 0.3) is 11.1 Å². The van der Waals surface area contributed by atoms with Crippen molar-refractivity contribution in [3.05, 3.63) is 112 Å². The predicted octanol–water partition coefficient (Wildman–Crippen LogP) is 5.32. The monoisotopic (exact) mass is 549 g/mol. The van der Waals surface area contributed by atoms with E-state index in [1.165, 1.54) is 12.1 Å². The highest BCUT2D eigenvalue weighted by atomic mass is 35.5. The zero-order valence-electron chi connectivity index (χ0n) is 20.0. The van der Waals surface area contributed by atoms with Gasteiger partial charge in [0.25, 0.3) is 11.8 Å². The van der Waals surface area contributed by atoms with E-state index >= 15 is 0 Å². The maximum absolute atomic E-state index is 13.8. The summed E-state index contributed by atoms with van der Waals surface area (Å²) in [6.45, 7) is 0. The van der Waals surface area contributed by atoms with Gasteiger partial charge in [-0.25, -0.2) is 4.98 Å². The number of fused-ring (bicyclic) bond motifs is 1. The molecule has 1 aliphatic rings. The fourth-order valence-corrected chi connectivity index (χ4v) is 5.71. The predicted molar refractivity (Wildman–Crippen MR) is 146 cm³/mol. The first-order valence-corrected chi connectivity index (χ1v) is 12.7. The summed E-state index contributed by atoms with van der Waals surface area (Å²) in [6.07, 6.45) is 0. The van der Waals surface area contributed by atoms with Crippen LogP contribution in [0.1, 0.15) is 42.2 Å². The highest BCUT2D eigenvalue weighted by Gasteiger charge is 2.44. The summed E-state index contributed by atoms with van der Waals surface area (Å²) < 4.78 is 0. The third kappa shape index (κ3) is 4.40. The number of amides is 2. The Balaban J connectivity index is 1.70. The molecule has 0 saturated heterocycles. The molecule has 2 heterocycles. The van der Waals surface area contributed by atoms with Crippen molar-refractivity contribution in [2.45, 2.75) is 10.4 Å². The van der Waals surface area contributed by atoms with Gasteiger partial charge in [0.15, 0.2) is 11.2 Å². The Labute approximate surface area is 232 Å². The number of rotatable bonds is 6. The second kappa shape index (κ2) is 10.4. The molecule has 0 saturated carbocycles. The molecule has 1 atom stereocenters. The first kappa shape index (κ1) is 25.7. The summed E-state index contributed by atoms with van der Waals surface area (Å²) in [6, 6.07) is 25.1. The van der Waals surface area contributed by atoms with Crippen molar-refractivity contribution in [2.24, 2.45) is 0 Å². The largest absolute Gasteiger partial charge is 0.383 e. The van der Waals surface area contributed by atoms with Gasteiger partial charge in [0.1, 0.15) is 28.5 Å². The Kier molecular flexibility index (Phi) is 6.86. The smallest absolute Gasteiger partial charge is 0.262 e. The lowest BCUT2D eigenvalue weighted by Crippen LogP contribution is -2.43. The molecular formula is C29H16ClN5O3S. The number of hydrogen-bond acceptors (Lipinski definition) is 8. The first-order valence-electron chi connectivity index (χ1n) is 11.5. The van der Waals surface area contributed by atoms with E-state index in [4.69, 9.17) is 17.3 Å². The number of nitrogen functional groups attached to an aromatic ring is 1. The number of carbonyl (C=O) groups excluding carboxylic acids is 3. The molecule has 4 aromatic rings. The Morgan fingerprint density at radius 1 is 0.846 bits per heavy atom. The van der Waals surface area contributed by atoms with E-state index in [9.17, 15) is 24.9 Å². The summed E-state index contributed by atoms with van der Waals surface area (Å²) in [5.74, 6) is -2.04. The number of hydrogen-bond donors (Lipinski definition) is 1. The maximum atomic E-state index is 13.8. The number of nitriles is 2. The minimum absolute atomic E-state index is 0.0326. The molecule has 1 aliphatic heterocycles. The third-order valence-electron chi connectivity index (χ3n) is 6.12. The van der Waals surface area contributed by atoms with Crippen LogP contribution in [0.2, 0.25) is 5.02 Å². The van der Waals surface area contributed by atoms with Gasteiger partial charge in [0, 0.05) is 21.7 Å². The first-order chi connectivity index (χ1) is 18.9. The van der Waals surface area contributed by atoms with Crippen LogP contribution in [0.4, 0.5) is 5.82 Å². The molecule has 188 valence electrons. The van der Waals surface area contributed by atoms with E-state index in [0.717, 1.165) is 16.7 Å². The minimum atomic E-state index is -1.43. The van der Waals surface area contributed by atoms with Crippen molar-refractivity contribution in [1.82, 2.24) is 9.88 Å². The number of imide groups is 1. The Bertz CT molecular complexity index is 1730. The molecule has 0 fully saturated rings. The van der Waals surface area contributed by atoms with E-state index in [-0.39, 0.29) is 49.2 Å². The molecule has 0 radical (unpaired) electrons. The lowest BCUT2D eigenvalue weighted by Gasteiger charge is -2.25. The standard InChI is InChI=1S/C29H16ClN5O3S/c30-22-13-7-6-12-19(22)23-20(14-31)25(33)34-26(21(23)15-32)39-29(24(36)16-8-2-1-3-9-16)35-27(37)17-10-4-5-11-18(17)28(35)38/h1-13,29H,(H2,33,34). The van der Waals surface area contributed by atoms with E-state index < -0.39 is 23.0 Å². The average Bonchev–Trinajstić information content (AvgIpc) is 3.21. The summed E-state index contributed by atoms with van der Waals surface area (Å²) in [5, 5.41) is 18.9. The number of benzene rings is 3. The van der Waals surface area contributed by atoms with Crippen molar-refractivity contribution >= 4 is 46.8 Å². The number of ketones is 1. The fourth-order valence-electron chi connectivity index (χ4n) is 4.31. The summed E-state index contributed by atoms with van der Waals surface area (Å²) in [7, 11) is 0. The van der Waals surface area contributed by atoms with Crippen molar-refractivity contribution < 1.29 is 14.4 Å². The van der Waals surface area contributed by atoms with E-state index in [1.54, 1.807) is 66.7 Å². The van der Waals surface area contributed by atoms with Crippen molar-refractivity contribution in [3.63, 3.8) is 0 Å².